The maximum atomic E-state index is 14.5. The maximum absolute atomic E-state index is 14.5. The minimum atomic E-state index is -0.605. The summed E-state index contributed by atoms with van der Waals surface area (Å²) in [5.41, 5.74) is 2.74. The van der Waals surface area contributed by atoms with Crippen LogP contribution in [-0.2, 0) is 16.1 Å². The smallest absolute Gasteiger partial charge is 0.241 e. The van der Waals surface area contributed by atoms with Crippen LogP contribution in [0.15, 0.2) is 54.0 Å². The average molecular weight is 556 g/mol. The van der Waals surface area contributed by atoms with Crippen molar-refractivity contribution >= 4 is 5.91 Å². The molecule has 1 aromatic carbocycles. The molecule has 1 aromatic rings. The molecule has 9 heteroatoms. The van der Waals surface area contributed by atoms with Crippen molar-refractivity contribution in [1.82, 2.24) is 24.9 Å². The molecule has 4 heterocycles. The first kappa shape index (κ1) is 28.9. The van der Waals surface area contributed by atoms with Crippen LogP contribution < -0.4 is 5.32 Å². The molecule has 4 aliphatic rings. The number of hydrogen-bond acceptors (Lipinski definition) is 6. The second-order valence-corrected chi connectivity index (χ2v) is 12.6. The van der Waals surface area contributed by atoms with Crippen LogP contribution in [0.25, 0.3) is 0 Å². The van der Waals surface area contributed by atoms with Gasteiger partial charge in [-0.3, -0.25) is 14.6 Å². The van der Waals surface area contributed by atoms with Crippen LogP contribution in [0.1, 0.15) is 40.2 Å². The van der Waals surface area contributed by atoms with E-state index in [9.17, 15) is 13.6 Å². The van der Waals surface area contributed by atoms with Gasteiger partial charge in [-0.05, 0) is 38.5 Å². The zero-order chi connectivity index (χ0) is 28.8. The van der Waals surface area contributed by atoms with Crippen LogP contribution in [0.3, 0.4) is 0 Å². The molecule has 0 aliphatic carbocycles. The Morgan fingerprint density at radius 1 is 1.18 bits per heavy atom. The molecule has 4 atom stereocenters. The van der Waals surface area contributed by atoms with E-state index in [0.717, 1.165) is 55.9 Å². The lowest BCUT2D eigenvalue weighted by atomic mass is 9.85. The van der Waals surface area contributed by atoms with Gasteiger partial charge in [0.15, 0.2) is 0 Å². The standard InChI is InChI=1S/C31H43F2N5O2/c1-20-12-36(26(11-34-20)14-37-22(3)17-40-18-23(37)4)16-30(39)38-19-31(5,6)27-9-21(2)35(15-29(27)38)13-24-7-8-25(32)10-28(24)33/h7-10,15,20,22-23,26,34H,2,11-14,16-19H2,1,3-6H3/t20-,22-,23-,26-/m1/s1. The van der Waals surface area contributed by atoms with E-state index >= 15 is 0 Å². The number of hydrogen-bond donors (Lipinski definition) is 1. The van der Waals surface area contributed by atoms with E-state index in [1.54, 1.807) is 0 Å². The van der Waals surface area contributed by atoms with Gasteiger partial charge in [0.1, 0.15) is 11.6 Å². The third-order valence-corrected chi connectivity index (χ3v) is 8.80. The van der Waals surface area contributed by atoms with Crippen molar-refractivity contribution in [3.8, 4) is 0 Å². The Labute approximate surface area is 237 Å². The summed E-state index contributed by atoms with van der Waals surface area (Å²) in [5.74, 6) is -1.14. The molecule has 3 saturated heterocycles. The normalized spacial score (nSPS) is 29.3. The van der Waals surface area contributed by atoms with E-state index in [-0.39, 0.29) is 23.9 Å². The Balaban J connectivity index is 1.35. The summed E-state index contributed by atoms with van der Waals surface area (Å²) in [6, 6.07) is 4.81. The molecule has 0 saturated carbocycles. The van der Waals surface area contributed by atoms with Gasteiger partial charge in [-0.2, -0.15) is 0 Å². The third-order valence-electron chi connectivity index (χ3n) is 8.80. The van der Waals surface area contributed by atoms with Crippen molar-refractivity contribution in [2.24, 2.45) is 5.41 Å². The number of nitrogens with zero attached hydrogens (tertiary/aromatic N) is 4. The fraction of sp³-hybridized carbons (Fsp3) is 0.581. The molecule has 4 aliphatic heterocycles. The van der Waals surface area contributed by atoms with Gasteiger partial charge in [-0.1, -0.05) is 26.5 Å². The van der Waals surface area contributed by atoms with E-state index in [0.29, 0.717) is 36.8 Å². The maximum Gasteiger partial charge on any atom is 0.241 e. The Morgan fingerprint density at radius 2 is 1.90 bits per heavy atom. The number of halogens is 2. The van der Waals surface area contributed by atoms with Crippen molar-refractivity contribution < 1.29 is 18.3 Å². The number of nitrogens with one attached hydrogen (secondary N) is 1. The van der Waals surface area contributed by atoms with Crippen molar-refractivity contribution in [2.75, 3.05) is 45.9 Å². The number of piperazine rings is 1. The number of fused-ring (bicyclic) bond motifs is 1. The Bertz CT molecular complexity index is 1200. The fourth-order valence-electron chi connectivity index (χ4n) is 6.45. The minimum absolute atomic E-state index is 0.0605. The molecule has 0 spiro atoms. The van der Waals surface area contributed by atoms with Crippen LogP contribution in [0.2, 0.25) is 0 Å². The lowest BCUT2D eigenvalue weighted by Gasteiger charge is -2.46. The van der Waals surface area contributed by atoms with E-state index in [1.807, 2.05) is 22.1 Å². The lowest BCUT2D eigenvalue weighted by Crippen LogP contribution is -2.63. The van der Waals surface area contributed by atoms with Gasteiger partial charge >= 0.3 is 0 Å². The number of benzene rings is 1. The van der Waals surface area contributed by atoms with E-state index in [1.165, 1.54) is 12.1 Å². The monoisotopic (exact) mass is 555 g/mol. The number of amides is 1. The van der Waals surface area contributed by atoms with E-state index < -0.39 is 11.6 Å². The summed E-state index contributed by atoms with van der Waals surface area (Å²) in [6.07, 6.45) is 3.91. The van der Waals surface area contributed by atoms with Gasteiger partial charge < -0.3 is 19.9 Å². The summed E-state index contributed by atoms with van der Waals surface area (Å²) < 4.78 is 33.7. The zero-order valence-electron chi connectivity index (χ0n) is 24.4. The molecule has 0 bridgehead atoms. The van der Waals surface area contributed by atoms with Crippen molar-refractivity contribution in [1.29, 1.82) is 0 Å². The molecular weight excluding hydrogens is 512 g/mol. The minimum Gasteiger partial charge on any atom is -0.378 e. The number of morpholine rings is 1. The van der Waals surface area contributed by atoms with Gasteiger partial charge in [0.25, 0.3) is 0 Å². The highest BCUT2D eigenvalue weighted by Crippen LogP contribution is 2.45. The van der Waals surface area contributed by atoms with Gasteiger partial charge in [0.2, 0.25) is 5.91 Å². The second-order valence-electron chi connectivity index (χ2n) is 12.6. The van der Waals surface area contributed by atoms with Crippen molar-refractivity contribution in [3.05, 3.63) is 71.2 Å². The Morgan fingerprint density at radius 3 is 2.60 bits per heavy atom. The molecule has 5 rings (SSSR count). The molecule has 1 N–H and O–H groups in total. The number of rotatable bonds is 6. The third kappa shape index (κ3) is 5.88. The average Bonchev–Trinajstić information content (AvgIpc) is 3.14. The number of carbonyl (C=O) groups is 1. The molecule has 7 nitrogen and oxygen atoms in total. The summed E-state index contributed by atoms with van der Waals surface area (Å²) in [5, 5.41) is 3.61. The molecule has 1 amide bonds. The first-order valence-electron chi connectivity index (χ1n) is 14.4. The lowest BCUT2D eigenvalue weighted by molar-refractivity contribution is -0.131. The highest BCUT2D eigenvalue weighted by Gasteiger charge is 2.44. The molecule has 0 radical (unpaired) electrons. The highest BCUT2D eigenvalue weighted by atomic mass is 19.1. The highest BCUT2D eigenvalue weighted by molar-refractivity contribution is 5.82. The summed E-state index contributed by atoms with van der Waals surface area (Å²) >= 11 is 0. The second kappa shape index (κ2) is 11.4. The number of likely N-dealkylation sites (tertiary alicyclic amines) is 1. The first-order chi connectivity index (χ1) is 18.9. The van der Waals surface area contributed by atoms with Crippen LogP contribution in [0.5, 0.6) is 0 Å². The molecule has 0 unspecified atom stereocenters. The van der Waals surface area contributed by atoms with Crippen LogP contribution >= 0.6 is 0 Å². The first-order valence-corrected chi connectivity index (χ1v) is 14.4. The predicted molar refractivity (Wildman–Crippen MR) is 152 cm³/mol. The van der Waals surface area contributed by atoms with Gasteiger partial charge in [-0.15, -0.1) is 0 Å². The summed E-state index contributed by atoms with van der Waals surface area (Å²) in [6.45, 7) is 20.1. The molecule has 3 fully saturated rings. The van der Waals surface area contributed by atoms with Crippen LogP contribution in [0.4, 0.5) is 8.78 Å². The summed E-state index contributed by atoms with van der Waals surface area (Å²) in [4.78, 5) is 22.6. The number of allylic oxidation sites excluding steroid dienone is 2. The fourth-order valence-corrected chi connectivity index (χ4v) is 6.45. The topological polar surface area (TPSA) is 51.3 Å². The molecule has 218 valence electrons. The quantitative estimate of drug-likeness (QED) is 0.578. The van der Waals surface area contributed by atoms with Crippen molar-refractivity contribution in [2.45, 2.75) is 65.3 Å². The Kier molecular flexibility index (Phi) is 8.21. The Hall–Kier alpha value is -2.59. The SMILES string of the molecule is C=C1C=C2C(=CN1Cc1ccc(F)cc1F)N(C(=O)CN1C[C@@H](C)NC[C@@H]1CN1[C@H](C)COC[C@H]1C)CC2(C)C. The summed E-state index contributed by atoms with van der Waals surface area (Å²) in [7, 11) is 0. The van der Waals surface area contributed by atoms with E-state index in [2.05, 4.69) is 56.3 Å². The van der Waals surface area contributed by atoms with Gasteiger partial charge in [0.05, 0.1) is 32.0 Å². The largest absolute Gasteiger partial charge is 0.378 e. The van der Waals surface area contributed by atoms with Crippen LogP contribution in [0, 0.1) is 17.0 Å². The van der Waals surface area contributed by atoms with Gasteiger partial charge in [-0.25, -0.2) is 8.78 Å². The number of ether oxygens (including phenoxy) is 1. The number of carbonyl (C=O) groups excluding carboxylic acids is 1. The molecule has 0 aromatic heterocycles. The van der Waals surface area contributed by atoms with Crippen LogP contribution in [-0.4, -0.2) is 95.6 Å². The molecule has 40 heavy (non-hydrogen) atoms. The van der Waals surface area contributed by atoms with Gasteiger partial charge in [0, 0.05) is 79.3 Å². The zero-order valence-corrected chi connectivity index (χ0v) is 24.4. The van der Waals surface area contributed by atoms with E-state index in [4.69, 9.17) is 4.74 Å². The van der Waals surface area contributed by atoms with Crippen molar-refractivity contribution in [3.63, 3.8) is 0 Å². The predicted octanol–water partition coefficient (Wildman–Crippen LogP) is 3.70. The molecular formula is C31H43F2N5O2.